The van der Waals surface area contributed by atoms with Gasteiger partial charge in [0.2, 0.25) is 0 Å². The number of rotatable bonds is 5. The minimum atomic E-state index is -0.0614. The van der Waals surface area contributed by atoms with Crippen molar-refractivity contribution in [2.24, 2.45) is 0 Å². The fraction of sp³-hybridized carbons (Fsp3) is 0.217. The van der Waals surface area contributed by atoms with E-state index in [2.05, 4.69) is 23.3 Å². The van der Waals surface area contributed by atoms with E-state index < -0.39 is 0 Å². The van der Waals surface area contributed by atoms with E-state index in [9.17, 15) is 4.79 Å². The van der Waals surface area contributed by atoms with Gasteiger partial charge in [-0.15, -0.1) is 0 Å². The Morgan fingerprint density at radius 1 is 1.14 bits per heavy atom. The SMILES string of the molecule is COc1ccccc1CNc1ccc(C(=O)N2c3ccccc3CC2C)nc1. The molecule has 28 heavy (non-hydrogen) atoms. The van der Waals surface area contributed by atoms with Gasteiger partial charge in [-0.05, 0) is 43.2 Å². The minimum absolute atomic E-state index is 0.0614. The molecule has 1 aromatic heterocycles. The summed E-state index contributed by atoms with van der Waals surface area (Å²) in [4.78, 5) is 19.3. The van der Waals surface area contributed by atoms with Gasteiger partial charge in [0.1, 0.15) is 11.4 Å². The van der Waals surface area contributed by atoms with Gasteiger partial charge in [0, 0.05) is 23.8 Å². The second-order valence-electron chi connectivity index (χ2n) is 6.95. The first kappa shape index (κ1) is 18.0. The van der Waals surface area contributed by atoms with Crippen LogP contribution >= 0.6 is 0 Å². The third-order valence-corrected chi connectivity index (χ3v) is 5.08. The Morgan fingerprint density at radius 3 is 2.71 bits per heavy atom. The van der Waals surface area contributed by atoms with Crippen molar-refractivity contribution < 1.29 is 9.53 Å². The van der Waals surface area contributed by atoms with Crippen LogP contribution in [0, 0.1) is 0 Å². The predicted molar refractivity (Wildman–Crippen MR) is 111 cm³/mol. The molecule has 0 bridgehead atoms. The molecule has 5 heteroatoms. The quantitative estimate of drug-likeness (QED) is 0.725. The molecule has 2 aromatic carbocycles. The summed E-state index contributed by atoms with van der Waals surface area (Å²) in [6, 6.07) is 19.7. The number of hydrogen-bond donors (Lipinski definition) is 1. The Bertz CT molecular complexity index is 985. The molecule has 1 atom stereocenters. The van der Waals surface area contributed by atoms with Gasteiger partial charge in [-0.2, -0.15) is 0 Å². The first-order valence-corrected chi connectivity index (χ1v) is 9.40. The molecular formula is C23H23N3O2. The van der Waals surface area contributed by atoms with Crippen molar-refractivity contribution >= 4 is 17.3 Å². The maximum atomic E-state index is 13.0. The summed E-state index contributed by atoms with van der Waals surface area (Å²) in [7, 11) is 1.66. The number of amides is 1. The van der Waals surface area contributed by atoms with Crippen molar-refractivity contribution in [2.45, 2.75) is 25.9 Å². The van der Waals surface area contributed by atoms with Crippen LogP contribution in [0.1, 0.15) is 28.5 Å². The molecule has 0 spiro atoms. The van der Waals surface area contributed by atoms with Crippen LogP contribution in [0.15, 0.2) is 66.9 Å². The summed E-state index contributed by atoms with van der Waals surface area (Å²) in [6.45, 7) is 2.69. The molecule has 3 aromatic rings. The summed E-state index contributed by atoms with van der Waals surface area (Å²) < 4.78 is 5.37. The second-order valence-corrected chi connectivity index (χ2v) is 6.95. The number of nitrogens with one attached hydrogen (secondary N) is 1. The van der Waals surface area contributed by atoms with E-state index in [1.165, 1.54) is 5.56 Å². The number of fused-ring (bicyclic) bond motifs is 1. The summed E-state index contributed by atoms with van der Waals surface area (Å²) in [5.74, 6) is 0.783. The maximum absolute atomic E-state index is 13.0. The minimum Gasteiger partial charge on any atom is -0.496 e. The van der Waals surface area contributed by atoms with Crippen molar-refractivity contribution in [1.82, 2.24) is 4.98 Å². The lowest BCUT2D eigenvalue weighted by Gasteiger charge is -2.22. The number of methoxy groups -OCH3 is 1. The summed E-state index contributed by atoms with van der Waals surface area (Å²) >= 11 is 0. The number of aromatic nitrogens is 1. The van der Waals surface area contributed by atoms with Crippen LogP contribution in [0.3, 0.4) is 0 Å². The molecule has 1 unspecified atom stereocenters. The zero-order valence-corrected chi connectivity index (χ0v) is 16.1. The van der Waals surface area contributed by atoms with Crippen LogP contribution in [-0.4, -0.2) is 24.0 Å². The molecule has 0 radical (unpaired) electrons. The number of carbonyl (C=O) groups is 1. The van der Waals surface area contributed by atoms with Gasteiger partial charge < -0.3 is 15.0 Å². The Hall–Kier alpha value is -3.34. The lowest BCUT2D eigenvalue weighted by Crippen LogP contribution is -2.36. The highest BCUT2D eigenvalue weighted by Gasteiger charge is 2.31. The third kappa shape index (κ3) is 3.43. The molecule has 1 amide bonds. The van der Waals surface area contributed by atoms with Crippen molar-refractivity contribution in [1.29, 1.82) is 0 Å². The van der Waals surface area contributed by atoms with Gasteiger partial charge in [-0.1, -0.05) is 36.4 Å². The fourth-order valence-electron chi connectivity index (χ4n) is 3.67. The molecule has 1 aliphatic rings. The summed E-state index contributed by atoms with van der Waals surface area (Å²) in [5, 5.41) is 3.33. The van der Waals surface area contributed by atoms with E-state index in [0.717, 1.165) is 29.1 Å². The molecule has 1 aliphatic heterocycles. The Labute approximate surface area is 165 Å². The zero-order chi connectivity index (χ0) is 19.5. The normalized spacial score (nSPS) is 15.2. The number of carbonyl (C=O) groups excluding carboxylic acids is 1. The molecule has 0 fully saturated rings. The average Bonchev–Trinajstić information content (AvgIpc) is 3.08. The molecule has 0 saturated carbocycles. The van der Waals surface area contributed by atoms with Gasteiger partial charge in [0.05, 0.1) is 19.0 Å². The van der Waals surface area contributed by atoms with Crippen molar-refractivity contribution in [3.05, 3.63) is 83.7 Å². The summed E-state index contributed by atoms with van der Waals surface area (Å²) in [5.41, 5.74) is 4.56. The summed E-state index contributed by atoms with van der Waals surface area (Å²) in [6.07, 6.45) is 2.58. The van der Waals surface area contributed by atoms with E-state index in [-0.39, 0.29) is 11.9 Å². The van der Waals surface area contributed by atoms with Crippen molar-refractivity contribution in [2.75, 3.05) is 17.3 Å². The van der Waals surface area contributed by atoms with Gasteiger partial charge >= 0.3 is 0 Å². The lowest BCUT2D eigenvalue weighted by atomic mass is 10.1. The molecule has 2 heterocycles. The number of anilines is 2. The second kappa shape index (κ2) is 7.72. The molecule has 4 rings (SSSR count). The zero-order valence-electron chi connectivity index (χ0n) is 16.1. The van der Waals surface area contributed by atoms with Gasteiger partial charge in [0.25, 0.3) is 5.91 Å². The van der Waals surface area contributed by atoms with Crippen LogP contribution in [0.25, 0.3) is 0 Å². The Balaban J connectivity index is 1.47. The number of para-hydroxylation sites is 2. The molecule has 1 N–H and O–H groups in total. The Morgan fingerprint density at radius 2 is 1.93 bits per heavy atom. The number of ether oxygens (including phenoxy) is 1. The first-order valence-electron chi connectivity index (χ1n) is 9.40. The predicted octanol–water partition coefficient (Wildman–Crippen LogP) is 4.29. The Kier molecular flexibility index (Phi) is 4.98. The number of nitrogens with zero attached hydrogens (tertiary/aromatic N) is 2. The topological polar surface area (TPSA) is 54.5 Å². The van der Waals surface area contributed by atoms with Crippen LogP contribution in [0.5, 0.6) is 5.75 Å². The third-order valence-electron chi connectivity index (χ3n) is 5.08. The van der Waals surface area contributed by atoms with Crippen LogP contribution < -0.4 is 15.0 Å². The molecule has 5 nitrogen and oxygen atoms in total. The average molecular weight is 373 g/mol. The van der Waals surface area contributed by atoms with Gasteiger partial charge in [0.15, 0.2) is 0 Å². The molecule has 0 saturated heterocycles. The highest BCUT2D eigenvalue weighted by Crippen LogP contribution is 2.32. The smallest absolute Gasteiger partial charge is 0.277 e. The van der Waals surface area contributed by atoms with E-state index in [4.69, 9.17) is 4.74 Å². The van der Waals surface area contributed by atoms with E-state index in [1.54, 1.807) is 19.4 Å². The van der Waals surface area contributed by atoms with Crippen molar-refractivity contribution in [3.8, 4) is 5.75 Å². The number of benzene rings is 2. The first-order chi connectivity index (χ1) is 13.7. The van der Waals surface area contributed by atoms with Gasteiger partial charge in [-0.25, -0.2) is 4.98 Å². The largest absolute Gasteiger partial charge is 0.496 e. The standard InChI is InChI=1S/C23H23N3O2/c1-16-13-17-7-3-5-9-21(17)26(16)23(27)20-12-11-19(15-25-20)24-14-18-8-4-6-10-22(18)28-2/h3-12,15-16,24H,13-14H2,1-2H3. The van der Waals surface area contributed by atoms with Crippen LogP contribution in [0.2, 0.25) is 0 Å². The van der Waals surface area contributed by atoms with Crippen molar-refractivity contribution in [3.63, 3.8) is 0 Å². The molecule has 142 valence electrons. The van der Waals surface area contributed by atoms with Gasteiger partial charge in [-0.3, -0.25) is 4.79 Å². The van der Waals surface area contributed by atoms with E-state index >= 15 is 0 Å². The number of pyridine rings is 1. The maximum Gasteiger partial charge on any atom is 0.277 e. The highest BCUT2D eigenvalue weighted by molar-refractivity contribution is 6.06. The van der Waals surface area contributed by atoms with E-state index in [0.29, 0.717) is 12.2 Å². The number of hydrogen-bond acceptors (Lipinski definition) is 4. The monoisotopic (exact) mass is 373 g/mol. The molecule has 0 aliphatic carbocycles. The lowest BCUT2D eigenvalue weighted by molar-refractivity contribution is 0.0976. The van der Waals surface area contributed by atoms with Crippen LogP contribution in [0.4, 0.5) is 11.4 Å². The highest BCUT2D eigenvalue weighted by atomic mass is 16.5. The fourth-order valence-corrected chi connectivity index (χ4v) is 3.67. The van der Waals surface area contributed by atoms with E-state index in [1.807, 2.05) is 53.4 Å². The molecular weight excluding hydrogens is 350 g/mol. The van der Waals surface area contributed by atoms with Crippen LogP contribution in [-0.2, 0) is 13.0 Å².